The third kappa shape index (κ3) is 34.8. The van der Waals surface area contributed by atoms with E-state index in [1.54, 1.807) is 0 Å². The Balaban J connectivity index is 0.000000784. The second kappa shape index (κ2) is 31.8. The third-order valence-electron chi connectivity index (χ3n) is 11.8. The van der Waals surface area contributed by atoms with Gasteiger partial charge in [0.25, 0.3) is 0 Å². The predicted molar refractivity (Wildman–Crippen MR) is 311 cm³/mol. The summed E-state index contributed by atoms with van der Waals surface area (Å²) < 4.78 is 5.53. The molecule has 3 heteroatoms. The Labute approximate surface area is 433 Å². The summed E-state index contributed by atoms with van der Waals surface area (Å²) in [4.78, 5) is 1.49. The molecule has 1 aromatic heterocycles. The molecule has 3 fully saturated rings. The third-order valence-corrected chi connectivity index (χ3v) is 12.7. The Kier molecular flexibility index (Phi) is 30.7. The minimum absolute atomic E-state index is 0.404. The number of hydrogen-bond donors (Lipinski definition) is 0. The van der Waals surface area contributed by atoms with Gasteiger partial charge in [0.15, 0.2) is 0 Å². The molecule has 1 nitrogen and oxygen atoms in total. The van der Waals surface area contributed by atoms with Crippen LogP contribution in [0.25, 0.3) is 0 Å². The summed E-state index contributed by atoms with van der Waals surface area (Å²) in [5.74, 6) is 1.09. The topological polar surface area (TPSA) is 9.23 Å². The van der Waals surface area contributed by atoms with E-state index in [-0.39, 0.29) is 0 Å². The maximum Gasteiger partial charge on any atom is 0.0581 e. The van der Waals surface area contributed by atoms with Crippen molar-refractivity contribution in [3.8, 4) is 0 Å². The van der Waals surface area contributed by atoms with Crippen LogP contribution in [0.3, 0.4) is 0 Å². The van der Waals surface area contributed by atoms with E-state index in [1.165, 1.54) is 98.6 Å². The number of benzene rings is 3. The van der Waals surface area contributed by atoms with Crippen molar-refractivity contribution in [3.63, 3.8) is 0 Å². The molecule has 1 atom stereocenters. The molecule has 3 aromatic carbocycles. The molecule has 68 heavy (non-hydrogen) atoms. The van der Waals surface area contributed by atoms with Crippen LogP contribution in [0.2, 0.25) is 0 Å². The van der Waals surface area contributed by atoms with Crippen molar-refractivity contribution in [2.75, 3.05) is 13.0 Å². The molecule has 1 saturated heterocycles. The minimum atomic E-state index is 0.404. The lowest BCUT2D eigenvalue weighted by atomic mass is 9.73. The van der Waals surface area contributed by atoms with Crippen LogP contribution in [0.1, 0.15) is 218 Å². The van der Waals surface area contributed by atoms with Gasteiger partial charge in [0.2, 0.25) is 0 Å². The van der Waals surface area contributed by atoms with Crippen LogP contribution in [-0.2, 0) is 29.4 Å². The first-order chi connectivity index (χ1) is 31.5. The Morgan fingerprint density at radius 1 is 0.515 bits per heavy atom. The van der Waals surface area contributed by atoms with Crippen LogP contribution in [0.5, 0.6) is 0 Å². The summed E-state index contributed by atoms with van der Waals surface area (Å²) in [5, 5.41) is 2.14. The molecule has 0 radical (unpaired) electrons. The average Bonchev–Trinajstić information content (AvgIpc) is 4.13. The molecule has 4 aromatic rings. The van der Waals surface area contributed by atoms with Gasteiger partial charge >= 0.3 is 0 Å². The SMILES string of the molecule is CC.CC(C)(C)C1(c2ccccc2)CC1.CC(C)(C)CC1CC1.CC(C)(C)CC1CCCO1.CC(C)(C)CCc1ccccc1.CC(C)(C)Cc1ccccc1.CC(C)(C)Cc1cccs1.CCl. The lowest BCUT2D eigenvalue weighted by Gasteiger charge is -2.31. The molecule has 388 valence electrons. The zero-order valence-corrected chi connectivity index (χ0v) is 50.0. The quantitative estimate of drug-likeness (QED) is 0.168. The zero-order valence-electron chi connectivity index (χ0n) is 48.4. The Morgan fingerprint density at radius 3 is 1.29 bits per heavy atom. The number of halogens is 1. The normalized spacial score (nSPS) is 16.2. The number of alkyl halides is 1. The second-order valence-corrected chi connectivity index (χ2v) is 27.4. The van der Waals surface area contributed by atoms with Crippen molar-refractivity contribution in [3.05, 3.63) is 130 Å². The summed E-state index contributed by atoms with van der Waals surface area (Å²) in [7, 11) is 0. The molecule has 0 spiro atoms. The van der Waals surface area contributed by atoms with Gasteiger partial charge in [-0.15, -0.1) is 22.9 Å². The molecule has 2 saturated carbocycles. The van der Waals surface area contributed by atoms with Crippen LogP contribution < -0.4 is 0 Å². The van der Waals surface area contributed by atoms with Gasteiger partial charge in [0, 0.05) is 23.3 Å². The second-order valence-electron chi connectivity index (χ2n) is 26.4. The highest BCUT2D eigenvalue weighted by Gasteiger charge is 2.52. The molecule has 1 aliphatic heterocycles. The Hall–Kier alpha value is -2.39. The fourth-order valence-electron chi connectivity index (χ4n) is 8.34. The van der Waals surface area contributed by atoms with Crippen LogP contribution in [0, 0.1) is 38.4 Å². The van der Waals surface area contributed by atoms with Crippen molar-refractivity contribution in [2.45, 2.75) is 227 Å². The Bertz CT molecular complexity index is 1740. The molecule has 0 N–H and O–H groups in total. The lowest BCUT2D eigenvalue weighted by molar-refractivity contribution is 0.0763. The fourth-order valence-corrected chi connectivity index (χ4v) is 9.34. The van der Waals surface area contributed by atoms with Gasteiger partial charge in [-0.25, -0.2) is 0 Å². The van der Waals surface area contributed by atoms with Crippen molar-refractivity contribution in [1.29, 1.82) is 0 Å². The molecule has 2 heterocycles. The largest absolute Gasteiger partial charge is 0.378 e. The van der Waals surface area contributed by atoms with E-state index in [1.807, 2.05) is 25.2 Å². The van der Waals surface area contributed by atoms with Crippen molar-refractivity contribution in [2.24, 2.45) is 38.4 Å². The molecule has 7 rings (SSSR count). The van der Waals surface area contributed by atoms with Crippen LogP contribution in [0.15, 0.2) is 109 Å². The lowest BCUT2D eigenvalue weighted by Crippen LogP contribution is -2.25. The van der Waals surface area contributed by atoms with Gasteiger partial charge in [-0.1, -0.05) is 248 Å². The molecule has 0 amide bonds. The van der Waals surface area contributed by atoms with E-state index < -0.39 is 0 Å². The first kappa shape index (κ1) is 65.6. The fraction of sp³-hybridized carbons (Fsp3) is 0.662. The molecule has 2 aliphatic carbocycles. The summed E-state index contributed by atoms with van der Waals surface area (Å²) in [6, 6.07) is 36.6. The van der Waals surface area contributed by atoms with Crippen LogP contribution in [0.4, 0.5) is 0 Å². The van der Waals surface area contributed by atoms with E-state index in [4.69, 9.17) is 4.74 Å². The predicted octanol–water partition coefficient (Wildman–Crippen LogP) is 21.4. The smallest absolute Gasteiger partial charge is 0.0581 e. The van der Waals surface area contributed by atoms with Gasteiger partial charge in [0.1, 0.15) is 0 Å². The maximum absolute atomic E-state index is 5.53. The van der Waals surface area contributed by atoms with Gasteiger partial charge < -0.3 is 4.74 Å². The molecule has 0 bridgehead atoms. The van der Waals surface area contributed by atoms with E-state index in [9.17, 15) is 0 Å². The minimum Gasteiger partial charge on any atom is -0.378 e. The highest BCUT2D eigenvalue weighted by atomic mass is 35.5. The number of rotatable bonds is 7. The van der Waals surface area contributed by atoms with Crippen LogP contribution in [-0.4, -0.2) is 19.1 Å². The number of aryl methyl sites for hydroxylation is 1. The van der Waals surface area contributed by atoms with Gasteiger partial charge in [-0.3, -0.25) is 0 Å². The van der Waals surface area contributed by atoms with Gasteiger partial charge in [-0.2, -0.15) is 0 Å². The molecule has 3 aliphatic rings. The standard InChI is InChI=1S/C13H18.C12H18.C11H16.C9H18O.C9H14S.C8H16.C2H6.CH3Cl/c1-12(2,3)13(9-10-13)11-7-5-4-6-8-11;1-12(2,3)10-9-11-7-5-4-6-8-11;1-11(2,3)9-10-7-5-4-6-8-10;2*1-9(2,3)7-8-5-4-6-10-8;1-8(2,3)6-7-4-5-7;2*1-2/h4-8H,9-10H2,1-3H3;4-8H,9-10H2,1-3H3;4-8H,9H2,1-3H3;8H,4-7H2,1-3H3;4-6H,7H2,1-3H3;7H,4-6H2,1-3H3;1-2H3;1H3. The number of ether oxygens (including phenoxy) is 1. The molecular weight excluding hydrogens is 864 g/mol. The highest BCUT2D eigenvalue weighted by molar-refractivity contribution is 7.09. The highest BCUT2D eigenvalue weighted by Crippen LogP contribution is 2.59. The van der Waals surface area contributed by atoms with E-state index in [0.29, 0.717) is 44.0 Å². The first-order valence-corrected chi connectivity index (χ1v) is 28.2. The van der Waals surface area contributed by atoms with Crippen molar-refractivity contribution >= 4 is 22.9 Å². The Morgan fingerprint density at radius 2 is 0.971 bits per heavy atom. The summed E-state index contributed by atoms with van der Waals surface area (Å²) in [6.07, 6.45) is 17.8. The maximum atomic E-state index is 5.53. The monoisotopic (exact) mass is 973 g/mol. The first-order valence-electron chi connectivity index (χ1n) is 26.6. The van der Waals surface area contributed by atoms with E-state index >= 15 is 0 Å². The summed E-state index contributed by atoms with van der Waals surface area (Å²) in [6.45, 7) is 46.3. The van der Waals surface area contributed by atoms with Gasteiger partial charge in [0.05, 0.1) is 6.10 Å². The summed E-state index contributed by atoms with van der Waals surface area (Å²) >= 11 is 6.49. The average molecular weight is 974 g/mol. The van der Waals surface area contributed by atoms with Crippen LogP contribution >= 0.6 is 22.9 Å². The molecular formula is C65H109ClOS. The van der Waals surface area contributed by atoms with Gasteiger partial charge in [-0.05, 0) is 131 Å². The van der Waals surface area contributed by atoms with Crippen molar-refractivity contribution < 1.29 is 4.74 Å². The number of hydrogen-bond acceptors (Lipinski definition) is 2. The number of thiophene rings is 1. The van der Waals surface area contributed by atoms with E-state index in [0.717, 1.165) is 18.9 Å². The van der Waals surface area contributed by atoms with E-state index in [2.05, 4.69) is 245 Å². The summed E-state index contributed by atoms with van der Waals surface area (Å²) in [5.41, 5.74) is 7.62. The van der Waals surface area contributed by atoms with Crippen molar-refractivity contribution in [1.82, 2.24) is 0 Å². The molecule has 1 unspecified atom stereocenters. The zero-order chi connectivity index (χ0) is 52.3.